The molecule has 2 unspecified atom stereocenters. The predicted octanol–water partition coefficient (Wildman–Crippen LogP) is -0.543. The first-order valence-corrected chi connectivity index (χ1v) is 25.3. The van der Waals surface area contributed by atoms with Crippen LogP contribution in [0, 0.1) is 0 Å². The van der Waals surface area contributed by atoms with Gasteiger partial charge in [-0.3, -0.25) is 43.3 Å². The van der Waals surface area contributed by atoms with Gasteiger partial charge >= 0.3 is 0 Å². The molecule has 3 heterocycles. The lowest BCUT2D eigenvalue weighted by atomic mass is 10.0. The Labute approximate surface area is 412 Å². The summed E-state index contributed by atoms with van der Waals surface area (Å²) < 4.78 is 0. The number of benzene rings is 2. The fourth-order valence-electron chi connectivity index (χ4n) is 7.55. The van der Waals surface area contributed by atoms with Gasteiger partial charge in [-0.1, -0.05) is 89.9 Å². The number of hydrogen-bond donors (Lipinski definition) is 12. The number of carbonyl (C=O) groups is 8. The van der Waals surface area contributed by atoms with E-state index in [1.807, 2.05) is 31.2 Å². The zero-order valence-corrected chi connectivity index (χ0v) is 40.6. The number of hydrogen-bond acceptors (Lipinski definition) is 12. The van der Waals surface area contributed by atoms with Crippen molar-refractivity contribution in [2.24, 2.45) is 22.2 Å². The highest BCUT2D eigenvalue weighted by atomic mass is 33.1. The van der Waals surface area contributed by atoms with Gasteiger partial charge in [0.05, 0.1) is 6.33 Å². The molecule has 8 amide bonds. The standard InChI is InChI=1S/C46H62N14O8S2/c1-3-4-14-32(54-26(2)61)40(63)59-38-24-70-69-23-37(44(67)56-34(39(47)62)19-28-21-52-31-15-9-8-13-30(28)31)60-41(64)33(16-10-17-51-46(48)49)55-42(65)35(18-27-11-6-5-7-12-27)57-43(66)36(58-45(38)68)20-29-22-50-25-53-29/h5-9,11-13,15,21-22,25,32-38,52H,3-4,10,14,16-20,23-24H2,1-2H3,(H2,47,62)(H,50,53)(H,54,61)(H,55,65)(H,56,67)(H,57,66)(H,58,68)(H,59,63)(H,60,64)(H4,48,49,51)/t32-,33-,34-,35?,36-,37?,38-/m0/s1. The number of aromatic nitrogens is 3. The minimum atomic E-state index is -1.36. The first-order valence-electron chi connectivity index (χ1n) is 22.9. The van der Waals surface area contributed by atoms with E-state index in [4.69, 9.17) is 17.2 Å². The van der Waals surface area contributed by atoms with Gasteiger partial charge < -0.3 is 64.4 Å². The number of H-pyrrole nitrogens is 2. The summed E-state index contributed by atoms with van der Waals surface area (Å²) >= 11 is 0. The molecule has 1 fully saturated rings. The Morgan fingerprint density at radius 1 is 0.786 bits per heavy atom. The predicted molar refractivity (Wildman–Crippen MR) is 267 cm³/mol. The maximum absolute atomic E-state index is 14.5. The summed E-state index contributed by atoms with van der Waals surface area (Å²) in [4.78, 5) is 125. The Kier molecular flexibility index (Phi) is 20.9. The average Bonchev–Trinajstić information content (AvgIpc) is 4.00. The lowest BCUT2D eigenvalue weighted by Gasteiger charge is -2.27. The third kappa shape index (κ3) is 16.9. The van der Waals surface area contributed by atoms with E-state index in [0.717, 1.165) is 38.9 Å². The fraction of sp³-hybridized carbons (Fsp3) is 0.435. The maximum Gasteiger partial charge on any atom is 0.244 e. The fourth-order valence-corrected chi connectivity index (χ4v) is 9.88. The van der Waals surface area contributed by atoms with E-state index >= 15 is 0 Å². The largest absolute Gasteiger partial charge is 0.370 e. The number of nitrogens with zero attached hydrogens (tertiary/aromatic N) is 2. The Morgan fingerprint density at radius 2 is 1.46 bits per heavy atom. The minimum Gasteiger partial charge on any atom is -0.370 e. The molecule has 0 spiro atoms. The third-order valence-electron chi connectivity index (χ3n) is 11.2. The summed E-state index contributed by atoms with van der Waals surface area (Å²) in [6.07, 6.45) is 6.24. The summed E-state index contributed by atoms with van der Waals surface area (Å²) in [6.45, 7) is 3.29. The zero-order chi connectivity index (χ0) is 50.6. The summed E-state index contributed by atoms with van der Waals surface area (Å²) in [5.41, 5.74) is 19.6. The summed E-state index contributed by atoms with van der Waals surface area (Å²) in [6, 6.07) is 7.38. The highest BCUT2D eigenvalue weighted by Crippen LogP contribution is 2.24. The topological polar surface area (TPSA) is 356 Å². The molecule has 376 valence electrons. The number of aliphatic imine (C=N–C) groups is 1. The molecule has 15 N–H and O–H groups in total. The van der Waals surface area contributed by atoms with Crippen LogP contribution in [0.1, 0.15) is 62.8 Å². The van der Waals surface area contributed by atoms with Gasteiger partial charge in [-0.2, -0.15) is 0 Å². The van der Waals surface area contributed by atoms with E-state index in [0.29, 0.717) is 23.2 Å². The highest BCUT2D eigenvalue weighted by molar-refractivity contribution is 8.76. The number of nitrogens with one attached hydrogen (secondary N) is 9. The molecule has 1 saturated heterocycles. The third-order valence-corrected chi connectivity index (χ3v) is 13.6. The van der Waals surface area contributed by atoms with Gasteiger partial charge in [0.1, 0.15) is 42.3 Å². The Morgan fingerprint density at radius 3 is 2.14 bits per heavy atom. The SMILES string of the molecule is CCCC[C@H](NC(C)=O)C(=O)N[C@H]1CSSCC(C(=O)N[C@@H](Cc2c[nH]c3ccccc23)C(N)=O)NC(=O)[C@H](CCCN=C(N)N)NC(=O)C(Cc2ccccc2)NC(=O)[C@H](Cc2cnc[nH]2)NC1=O. The number of imidazole rings is 1. The van der Waals surface area contributed by atoms with Crippen molar-refractivity contribution in [3.63, 3.8) is 0 Å². The second-order valence-corrected chi connectivity index (χ2v) is 19.3. The Bertz CT molecular complexity index is 2450. The Hall–Kier alpha value is -7.08. The number of carbonyl (C=O) groups excluding carboxylic acids is 8. The van der Waals surface area contributed by atoms with Crippen molar-refractivity contribution >= 4 is 85.7 Å². The van der Waals surface area contributed by atoms with E-state index < -0.39 is 89.6 Å². The van der Waals surface area contributed by atoms with Crippen LogP contribution in [-0.4, -0.2) is 129 Å². The van der Waals surface area contributed by atoms with Crippen LogP contribution >= 0.6 is 21.6 Å². The maximum atomic E-state index is 14.5. The number of aromatic amines is 2. The van der Waals surface area contributed by atoms with Crippen molar-refractivity contribution in [2.45, 2.75) is 108 Å². The van der Waals surface area contributed by atoms with E-state index in [-0.39, 0.29) is 62.5 Å². The van der Waals surface area contributed by atoms with Gasteiger partial charge in [-0.15, -0.1) is 0 Å². The number of primary amides is 1. The summed E-state index contributed by atoms with van der Waals surface area (Å²) in [7, 11) is 2.14. The molecule has 0 bridgehead atoms. The van der Waals surface area contributed by atoms with E-state index in [1.165, 1.54) is 19.4 Å². The van der Waals surface area contributed by atoms with Crippen LogP contribution < -0.4 is 54.4 Å². The second kappa shape index (κ2) is 27.2. The lowest BCUT2D eigenvalue weighted by Crippen LogP contribution is -2.61. The van der Waals surface area contributed by atoms with Crippen molar-refractivity contribution in [3.8, 4) is 0 Å². The minimum absolute atomic E-state index is 0.0151. The molecular formula is C46H62N14O8S2. The number of nitrogens with two attached hydrogens (primary N) is 3. The number of unbranched alkanes of at least 4 members (excludes halogenated alkanes) is 1. The van der Waals surface area contributed by atoms with Gasteiger partial charge in [0, 0.05) is 73.2 Å². The summed E-state index contributed by atoms with van der Waals surface area (Å²) in [5, 5.41) is 19.9. The molecule has 2 aromatic heterocycles. The number of guanidine groups is 1. The first kappa shape index (κ1) is 53.9. The smallest absolute Gasteiger partial charge is 0.244 e. The van der Waals surface area contributed by atoms with Gasteiger partial charge in [-0.25, -0.2) is 4.98 Å². The lowest BCUT2D eigenvalue weighted by molar-refractivity contribution is -0.135. The zero-order valence-electron chi connectivity index (χ0n) is 39.0. The van der Waals surface area contributed by atoms with Gasteiger partial charge in [0.15, 0.2) is 5.96 Å². The van der Waals surface area contributed by atoms with Gasteiger partial charge in [-0.05, 0) is 36.5 Å². The average molecular weight is 1000 g/mol. The molecule has 1 aliphatic rings. The molecule has 22 nitrogen and oxygen atoms in total. The quantitative estimate of drug-likeness (QED) is 0.0243. The number of amides is 8. The molecule has 70 heavy (non-hydrogen) atoms. The molecule has 2 aromatic carbocycles. The van der Waals surface area contributed by atoms with Crippen molar-refractivity contribution < 1.29 is 38.4 Å². The van der Waals surface area contributed by atoms with E-state index in [1.54, 1.807) is 36.5 Å². The van der Waals surface area contributed by atoms with E-state index in [2.05, 4.69) is 57.2 Å². The van der Waals surface area contributed by atoms with Crippen LogP contribution in [0.15, 0.2) is 78.3 Å². The van der Waals surface area contributed by atoms with Crippen LogP contribution in [0.5, 0.6) is 0 Å². The molecule has 0 saturated carbocycles. The van der Waals surface area contributed by atoms with Crippen LogP contribution in [0.4, 0.5) is 0 Å². The van der Waals surface area contributed by atoms with Gasteiger partial charge in [0.25, 0.3) is 0 Å². The monoisotopic (exact) mass is 1000 g/mol. The molecule has 0 aliphatic carbocycles. The molecule has 5 rings (SSSR count). The number of para-hydroxylation sites is 1. The molecular weight excluding hydrogens is 941 g/mol. The highest BCUT2D eigenvalue weighted by Gasteiger charge is 2.35. The van der Waals surface area contributed by atoms with Gasteiger partial charge in [0.2, 0.25) is 47.3 Å². The second-order valence-electron chi connectivity index (χ2n) is 16.7. The van der Waals surface area contributed by atoms with E-state index in [9.17, 15) is 38.4 Å². The van der Waals surface area contributed by atoms with Crippen molar-refractivity contribution in [2.75, 3.05) is 18.1 Å². The molecule has 0 radical (unpaired) electrons. The molecule has 7 atom stereocenters. The molecule has 1 aliphatic heterocycles. The van der Waals surface area contributed by atoms with Crippen LogP contribution in [0.3, 0.4) is 0 Å². The summed E-state index contributed by atoms with van der Waals surface area (Å²) in [5.74, 6) is -6.24. The molecule has 4 aromatic rings. The Balaban J connectivity index is 1.52. The van der Waals surface area contributed by atoms with Crippen LogP contribution in [-0.2, 0) is 57.6 Å². The van der Waals surface area contributed by atoms with Crippen molar-refractivity contribution in [1.29, 1.82) is 0 Å². The number of fused-ring (bicyclic) bond motifs is 1. The van der Waals surface area contributed by atoms with Crippen molar-refractivity contribution in [3.05, 3.63) is 90.1 Å². The van der Waals surface area contributed by atoms with Crippen molar-refractivity contribution in [1.82, 2.24) is 52.2 Å². The van der Waals surface area contributed by atoms with Crippen LogP contribution in [0.25, 0.3) is 10.9 Å². The normalized spacial score (nSPS) is 20.3. The number of rotatable bonds is 19. The van der Waals surface area contributed by atoms with Crippen LogP contribution in [0.2, 0.25) is 0 Å². The molecule has 24 heteroatoms. The first-order chi connectivity index (χ1) is 33.6.